The van der Waals surface area contributed by atoms with E-state index in [1.165, 1.54) is 0 Å². The van der Waals surface area contributed by atoms with Gasteiger partial charge in [-0.05, 0) is 40.0 Å². The number of ether oxygens (including phenoxy) is 1. The third-order valence-electron chi connectivity index (χ3n) is 4.02. The quantitative estimate of drug-likeness (QED) is 0.793. The molecule has 2 N–H and O–H groups in total. The minimum atomic E-state index is -1.09. The summed E-state index contributed by atoms with van der Waals surface area (Å²) in [5.41, 5.74) is -1.93. The van der Waals surface area contributed by atoms with Crippen molar-refractivity contribution in [1.29, 1.82) is 0 Å². The lowest BCUT2D eigenvalue weighted by molar-refractivity contribution is -0.142. The molecule has 1 amide bonds. The van der Waals surface area contributed by atoms with E-state index in [0.29, 0.717) is 6.42 Å². The van der Waals surface area contributed by atoms with Crippen molar-refractivity contribution in [3.05, 3.63) is 0 Å². The van der Waals surface area contributed by atoms with Gasteiger partial charge in [0.25, 0.3) is 0 Å². The molecule has 2 rings (SSSR count). The van der Waals surface area contributed by atoms with E-state index in [0.717, 1.165) is 25.7 Å². The van der Waals surface area contributed by atoms with Crippen LogP contribution in [0.15, 0.2) is 0 Å². The van der Waals surface area contributed by atoms with Crippen molar-refractivity contribution in [2.75, 3.05) is 0 Å². The molecule has 0 aromatic carbocycles. The van der Waals surface area contributed by atoms with Crippen LogP contribution >= 0.6 is 0 Å². The van der Waals surface area contributed by atoms with Crippen LogP contribution in [0.5, 0.6) is 0 Å². The lowest BCUT2D eigenvalue weighted by Crippen LogP contribution is -2.49. The number of carboxylic acids is 1. The summed E-state index contributed by atoms with van der Waals surface area (Å²) in [6.07, 6.45) is 3.77. The maximum atomic E-state index is 11.8. The minimum absolute atomic E-state index is 0.226. The van der Waals surface area contributed by atoms with E-state index in [2.05, 4.69) is 5.32 Å². The van der Waals surface area contributed by atoms with Crippen molar-refractivity contribution in [2.45, 2.75) is 64.0 Å². The molecule has 0 bridgehead atoms. The van der Waals surface area contributed by atoms with Gasteiger partial charge in [0.2, 0.25) is 0 Å². The first kappa shape index (κ1) is 13.2. The number of rotatable bonds is 2. The first-order valence-electron chi connectivity index (χ1n) is 6.45. The van der Waals surface area contributed by atoms with Crippen molar-refractivity contribution in [3.63, 3.8) is 0 Å². The third-order valence-corrected chi connectivity index (χ3v) is 4.02. The monoisotopic (exact) mass is 255 g/mol. The van der Waals surface area contributed by atoms with Crippen LogP contribution in [0.3, 0.4) is 0 Å². The Balaban J connectivity index is 2.06. The summed E-state index contributed by atoms with van der Waals surface area (Å²) in [5, 5.41) is 12.0. The molecule has 2 aliphatic rings. The molecular weight excluding hydrogens is 234 g/mol. The number of hydrogen-bond donors (Lipinski definition) is 2. The molecule has 2 fully saturated rings. The number of alkyl carbamates (subject to hydrolysis) is 1. The largest absolute Gasteiger partial charge is 0.479 e. The number of aliphatic carboxylic acids is 1. The molecule has 2 aliphatic carbocycles. The zero-order chi connectivity index (χ0) is 13.6. The van der Waals surface area contributed by atoms with E-state index < -0.39 is 23.2 Å². The van der Waals surface area contributed by atoms with Gasteiger partial charge in [-0.2, -0.15) is 0 Å². The summed E-state index contributed by atoms with van der Waals surface area (Å²) >= 11 is 0. The van der Waals surface area contributed by atoms with Gasteiger partial charge < -0.3 is 15.2 Å². The van der Waals surface area contributed by atoms with Crippen molar-refractivity contribution in [1.82, 2.24) is 5.32 Å². The highest BCUT2D eigenvalue weighted by molar-refractivity contribution is 5.89. The Hall–Kier alpha value is -1.26. The average molecular weight is 255 g/mol. The van der Waals surface area contributed by atoms with Crippen LogP contribution in [-0.2, 0) is 9.53 Å². The molecule has 1 spiro atoms. The molecule has 1 atom stereocenters. The molecule has 5 heteroatoms. The summed E-state index contributed by atoms with van der Waals surface area (Å²) in [6.45, 7) is 5.29. The Labute approximate surface area is 107 Å². The second-order valence-corrected chi connectivity index (χ2v) is 6.50. The van der Waals surface area contributed by atoms with Gasteiger partial charge in [-0.3, -0.25) is 0 Å². The van der Waals surface area contributed by atoms with Crippen LogP contribution in [0.4, 0.5) is 4.79 Å². The Morgan fingerprint density at radius 2 is 1.78 bits per heavy atom. The molecule has 18 heavy (non-hydrogen) atoms. The summed E-state index contributed by atoms with van der Waals surface area (Å²) in [7, 11) is 0. The van der Waals surface area contributed by atoms with Gasteiger partial charge >= 0.3 is 12.1 Å². The Morgan fingerprint density at radius 3 is 2.22 bits per heavy atom. The summed E-state index contributed by atoms with van der Waals surface area (Å²) in [5.74, 6) is -0.935. The zero-order valence-corrected chi connectivity index (χ0v) is 11.2. The van der Waals surface area contributed by atoms with Gasteiger partial charge in [0.15, 0.2) is 0 Å². The molecule has 102 valence electrons. The van der Waals surface area contributed by atoms with Crippen molar-refractivity contribution in [3.8, 4) is 0 Å². The van der Waals surface area contributed by atoms with Crippen molar-refractivity contribution in [2.24, 2.45) is 5.41 Å². The zero-order valence-electron chi connectivity index (χ0n) is 11.2. The molecule has 0 saturated heterocycles. The van der Waals surface area contributed by atoms with Gasteiger partial charge in [0.05, 0.1) is 0 Å². The number of amides is 1. The SMILES string of the molecule is CC(C)(C)OC(=O)N[C@@]1(C(=O)O)CC12CCCC2. The van der Waals surface area contributed by atoms with Crippen LogP contribution < -0.4 is 5.32 Å². The lowest BCUT2D eigenvalue weighted by Gasteiger charge is -2.24. The van der Waals surface area contributed by atoms with E-state index in [1.54, 1.807) is 20.8 Å². The van der Waals surface area contributed by atoms with Crippen LogP contribution in [0.1, 0.15) is 52.9 Å². The average Bonchev–Trinajstić information content (AvgIpc) is 2.58. The Morgan fingerprint density at radius 1 is 1.22 bits per heavy atom. The number of nitrogens with one attached hydrogen (secondary N) is 1. The highest BCUT2D eigenvalue weighted by atomic mass is 16.6. The molecule has 0 aromatic rings. The molecule has 0 radical (unpaired) electrons. The topological polar surface area (TPSA) is 75.6 Å². The number of hydrogen-bond acceptors (Lipinski definition) is 3. The summed E-state index contributed by atoms with van der Waals surface area (Å²) in [6, 6.07) is 0. The second-order valence-electron chi connectivity index (χ2n) is 6.50. The number of carbonyl (C=O) groups is 2. The van der Waals surface area contributed by atoms with Crippen molar-refractivity contribution < 1.29 is 19.4 Å². The van der Waals surface area contributed by atoms with E-state index in [4.69, 9.17) is 4.74 Å². The molecular formula is C13H21NO4. The smallest absolute Gasteiger partial charge is 0.408 e. The number of carboxylic acid groups (broad SMARTS) is 1. The van der Waals surface area contributed by atoms with Gasteiger partial charge in [-0.1, -0.05) is 12.8 Å². The van der Waals surface area contributed by atoms with E-state index >= 15 is 0 Å². The standard InChI is InChI=1S/C13H21NO4/c1-11(2,3)18-10(17)14-13(9(15)16)8-12(13)6-4-5-7-12/h4-8H2,1-3H3,(H,14,17)(H,15,16)/t13-/m1/s1. The highest BCUT2D eigenvalue weighted by Gasteiger charge is 2.73. The predicted octanol–water partition coefficient (Wildman–Crippen LogP) is 2.30. The van der Waals surface area contributed by atoms with Gasteiger partial charge in [-0.25, -0.2) is 9.59 Å². The van der Waals surface area contributed by atoms with Crippen LogP contribution in [0.2, 0.25) is 0 Å². The fraction of sp³-hybridized carbons (Fsp3) is 0.846. The summed E-state index contributed by atoms with van der Waals surface area (Å²) < 4.78 is 5.15. The van der Waals surface area contributed by atoms with Gasteiger partial charge in [-0.15, -0.1) is 0 Å². The molecule has 0 heterocycles. The first-order valence-corrected chi connectivity index (χ1v) is 6.45. The fourth-order valence-electron chi connectivity index (χ4n) is 3.13. The third kappa shape index (κ3) is 2.06. The van der Waals surface area contributed by atoms with E-state index in [9.17, 15) is 14.7 Å². The molecule has 0 aromatic heterocycles. The maximum Gasteiger partial charge on any atom is 0.408 e. The van der Waals surface area contributed by atoms with E-state index in [1.807, 2.05) is 0 Å². The Kier molecular flexibility index (Phi) is 2.83. The van der Waals surface area contributed by atoms with Crippen LogP contribution in [-0.4, -0.2) is 28.3 Å². The van der Waals surface area contributed by atoms with E-state index in [-0.39, 0.29) is 5.41 Å². The summed E-state index contributed by atoms with van der Waals surface area (Å²) in [4.78, 5) is 23.2. The normalized spacial score (nSPS) is 29.1. The highest BCUT2D eigenvalue weighted by Crippen LogP contribution is 2.65. The fourth-order valence-corrected chi connectivity index (χ4v) is 3.13. The van der Waals surface area contributed by atoms with Crippen molar-refractivity contribution >= 4 is 12.1 Å². The molecule has 2 saturated carbocycles. The van der Waals surface area contributed by atoms with Crippen LogP contribution in [0, 0.1) is 5.41 Å². The molecule has 0 aliphatic heterocycles. The minimum Gasteiger partial charge on any atom is -0.479 e. The second kappa shape index (κ2) is 3.87. The maximum absolute atomic E-state index is 11.8. The molecule has 0 unspecified atom stereocenters. The predicted molar refractivity (Wildman–Crippen MR) is 65.3 cm³/mol. The lowest BCUT2D eigenvalue weighted by atomic mass is 9.98. The van der Waals surface area contributed by atoms with Crippen LogP contribution in [0.25, 0.3) is 0 Å². The first-order chi connectivity index (χ1) is 8.21. The Bertz CT molecular complexity index is 379. The molecule has 5 nitrogen and oxygen atoms in total. The number of carbonyl (C=O) groups excluding carboxylic acids is 1. The van der Waals surface area contributed by atoms with Gasteiger partial charge in [0.1, 0.15) is 11.1 Å². The van der Waals surface area contributed by atoms with Gasteiger partial charge in [0, 0.05) is 5.41 Å².